The van der Waals surface area contributed by atoms with Crippen molar-refractivity contribution in [3.8, 4) is 0 Å². The van der Waals surface area contributed by atoms with Gasteiger partial charge in [-0.05, 0) is 42.0 Å². The third-order valence-corrected chi connectivity index (χ3v) is 5.94. The van der Waals surface area contributed by atoms with Gasteiger partial charge in [-0.25, -0.2) is 0 Å². The SMILES string of the molecule is COCc1ccccc1CN=C1Nc2ccccc2CC12CCCCC2. The molecule has 1 spiro atoms. The number of ether oxygens (including phenoxy) is 1. The summed E-state index contributed by atoms with van der Waals surface area (Å²) in [5.74, 6) is 1.20. The van der Waals surface area contributed by atoms with Crippen molar-refractivity contribution >= 4 is 11.5 Å². The fraction of sp³-hybridized carbons (Fsp3) is 0.435. The lowest BCUT2D eigenvalue weighted by Gasteiger charge is -2.42. The van der Waals surface area contributed by atoms with Crippen LogP contribution in [0.5, 0.6) is 0 Å². The molecule has 1 fully saturated rings. The first-order chi connectivity index (χ1) is 12.8. The summed E-state index contributed by atoms with van der Waals surface area (Å²) in [7, 11) is 1.75. The Kier molecular flexibility index (Phi) is 5.07. The van der Waals surface area contributed by atoms with E-state index < -0.39 is 0 Å². The number of hydrogen-bond acceptors (Lipinski definition) is 2. The first kappa shape index (κ1) is 17.3. The maximum atomic E-state index is 5.35. The maximum Gasteiger partial charge on any atom is 0.108 e. The summed E-state index contributed by atoms with van der Waals surface area (Å²) in [6.07, 6.45) is 7.58. The molecule has 2 aromatic rings. The number of fused-ring (bicyclic) bond motifs is 1. The van der Waals surface area contributed by atoms with Gasteiger partial charge in [-0.2, -0.15) is 0 Å². The van der Waals surface area contributed by atoms with Gasteiger partial charge in [-0.1, -0.05) is 61.7 Å². The Labute approximate surface area is 156 Å². The standard InChI is InChI=1S/C23H28N2O/c1-26-17-20-11-4-3-10-19(20)16-24-22-23(13-7-2-8-14-23)15-18-9-5-6-12-21(18)25-22/h3-6,9-12H,2,7-8,13-17H2,1H3,(H,24,25). The van der Waals surface area contributed by atoms with Crippen LogP contribution in [0, 0.1) is 5.41 Å². The normalized spacial score (nSPS) is 20.0. The highest BCUT2D eigenvalue weighted by molar-refractivity contribution is 6.02. The van der Waals surface area contributed by atoms with Crippen molar-refractivity contribution in [2.75, 3.05) is 12.4 Å². The molecule has 0 atom stereocenters. The van der Waals surface area contributed by atoms with Gasteiger partial charge in [0.1, 0.15) is 5.84 Å². The van der Waals surface area contributed by atoms with Crippen molar-refractivity contribution in [1.82, 2.24) is 0 Å². The van der Waals surface area contributed by atoms with Crippen LogP contribution in [-0.2, 0) is 24.3 Å². The third-order valence-electron chi connectivity index (χ3n) is 5.94. The van der Waals surface area contributed by atoms with Crippen molar-refractivity contribution < 1.29 is 4.74 Å². The summed E-state index contributed by atoms with van der Waals surface area (Å²) in [4.78, 5) is 5.12. The van der Waals surface area contributed by atoms with E-state index in [1.165, 1.54) is 60.3 Å². The zero-order valence-electron chi connectivity index (χ0n) is 15.6. The van der Waals surface area contributed by atoms with Gasteiger partial charge in [0.2, 0.25) is 0 Å². The Morgan fingerprint density at radius 3 is 2.50 bits per heavy atom. The van der Waals surface area contributed by atoms with Crippen LogP contribution in [0.3, 0.4) is 0 Å². The van der Waals surface area contributed by atoms with Crippen molar-refractivity contribution in [3.05, 3.63) is 65.2 Å². The lowest BCUT2D eigenvalue weighted by Crippen LogP contribution is -2.43. The molecule has 2 aromatic carbocycles. The van der Waals surface area contributed by atoms with E-state index in [0.29, 0.717) is 13.2 Å². The molecule has 1 saturated carbocycles. The number of anilines is 1. The predicted octanol–water partition coefficient (Wildman–Crippen LogP) is 5.35. The Hall–Kier alpha value is -2.13. The average molecular weight is 348 g/mol. The van der Waals surface area contributed by atoms with E-state index in [0.717, 1.165) is 6.42 Å². The van der Waals surface area contributed by atoms with Crippen molar-refractivity contribution in [2.45, 2.75) is 51.7 Å². The molecule has 136 valence electrons. The summed E-state index contributed by atoms with van der Waals surface area (Å²) in [5, 5.41) is 3.70. The minimum atomic E-state index is 0.197. The Bertz CT molecular complexity index is 790. The van der Waals surface area contributed by atoms with Crippen molar-refractivity contribution in [1.29, 1.82) is 0 Å². The topological polar surface area (TPSA) is 33.6 Å². The molecule has 0 unspecified atom stereocenters. The number of para-hydroxylation sites is 1. The molecule has 0 bridgehead atoms. The van der Waals surface area contributed by atoms with Crippen LogP contribution >= 0.6 is 0 Å². The van der Waals surface area contributed by atoms with Gasteiger partial charge in [0.05, 0.1) is 13.2 Å². The van der Waals surface area contributed by atoms with E-state index in [-0.39, 0.29) is 5.41 Å². The van der Waals surface area contributed by atoms with E-state index in [9.17, 15) is 0 Å². The fourth-order valence-electron chi connectivity index (χ4n) is 4.53. The van der Waals surface area contributed by atoms with Crippen molar-refractivity contribution in [3.63, 3.8) is 0 Å². The maximum absolute atomic E-state index is 5.35. The van der Waals surface area contributed by atoms with Crippen LogP contribution in [0.25, 0.3) is 0 Å². The summed E-state index contributed by atoms with van der Waals surface area (Å²) >= 11 is 0. The smallest absolute Gasteiger partial charge is 0.108 e. The minimum absolute atomic E-state index is 0.197. The lowest BCUT2D eigenvalue weighted by molar-refractivity contribution is 0.184. The number of rotatable bonds is 4. The fourth-order valence-corrected chi connectivity index (χ4v) is 4.53. The van der Waals surface area contributed by atoms with E-state index >= 15 is 0 Å². The molecular formula is C23H28N2O. The first-order valence-corrected chi connectivity index (χ1v) is 9.76. The molecule has 0 radical (unpaired) electrons. The number of benzene rings is 2. The van der Waals surface area contributed by atoms with E-state index in [4.69, 9.17) is 9.73 Å². The van der Waals surface area contributed by atoms with Crippen LogP contribution in [-0.4, -0.2) is 12.9 Å². The third kappa shape index (κ3) is 3.41. The van der Waals surface area contributed by atoms with E-state index in [1.807, 2.05) is 0 Å². The molecule has 1 aliphatic carbocycles. The molecular weight excluding hydrogens is 320 g/mol. The Morgan fingerprint density at radius 1 is 0.962 bits per heavy atom. The zero-order chi connectivity index (χ0) is 17.8. The van der Waals surface area contributed by atoms with E-state index in [1.54, 1.807) is 7.11 Å². The number of aliphatic imine (C=N–C) groups is 1. The second kappa shape index (κ2) is 7.63. The molecule has 2 aliphatic rings. The monoisotopic (exact) mass is 348 g/mol. The van der Waals surface area contributed by atoms with Gasteiger partial charge in [0.15, 0.2) is 0 Å². The second-order valence-corrected chi connectivity index (χ2v) is 7.67. The Morgan fingerprint density at radius 2 is 1.69 bits per heavy atom. The highest BCUT2D eigenvalue weighted by Gasteiger charge is 2.40. The molecule has 0 aromatic heterocycles. The van der Waals surface area contributed by atoms with Gasteiger partial charge in [-0.15, -0.1) is 0 Å². The largest absolute Gasteiger partial charge is 0.380 e. The summed E-state index contributed by atoms with van der Waals surface area (Å²) in [5.41, 5.74) is 5.35. The number of nitrogens with zero attached hydrogens (tertiary/aromatic N) is 1. The number of amidine groups is 1. The molecule has 26 heavy (non-hydrogen) atoms. The van der Waals surface area contributed by atoms with Crippen LogP contribution in [0.2, 0.25) is 0 Å². The van der Waals surface area contributed by atoms with Gasteiger partial charge in [0.25, 0.3) is 0 Å². The minimum Gasteiger partial charge on any atom is -0.380 e. The molecule has 4 rings (SSSR count). The molecule has 1 N–H and O–H groups in total. The molecule has 3 heteroatoms. The molecule has 0 saturated heterocycles. The van der Waals surface area contributed by atoms with Gasteiger partial charge in [-0.3, -0.25) is 4.99 Å². The molecule has 3 nitrogen and oxygen atoms in total. The van der Waals surface area contributed by atoms with Gasteiger partial charge in [0, 0.05) is 18.2 Å². The molecule has 0 amide bonds. The number of methoxy groups -OCH3 is 1. The number of hydrogen-bond donors (Lipinski definition) is 1. The highest BCUT2D eigenvalue weighted by Crippen LogP contribution is 2.45. The summed E-state index contributed by atoms with van der Waals surface area (Å²) in [6, 6.07) is 17.2. The quantitative estimate of drug-likeness (QED) is 0.808. The van der Waals surface area contributed by atoms with Gasteiger partial charge < -0.3 is 10.1 Å². The summed E-state index contributed by atoms with van der Waals surface area (Å²) in [6.45, 7) is 1.36. The second-order valence-electron chi connectivity index (χ2n) is 7.67. The molecule has 1 heterocycles. The van der Waals surface area contributed by atoms with Crippen LogP contribution in [0.15, 0.2) is 53.5 Å². The molecule has 1 aliphatic heterocycles. The lowest BCUT2D eigenvalue weighted by atomic mass is 9.67. The predicted molar refractivity (Wildman–Crippen MR) is 108 cm³/mol. The Balaban J connectivity index is 1.65. The van der Waals surface area contributed by atoms with Crippen LogP contribution < -0.4 is 5.32 Å². The van der Waals surface area contributed by atoms with Crippen molar-refractivity contribution in [2.24, 2.45) is 10.4 Å². The van der Waals surface area contributed by atoms with E-state index in [2.05, 4.69) is 53.8 Å². The zero-order valence-corrected chi connectivity index (χ0v) is 15.6. The highest BCUT2D eigenvalue weighted by atomic mass is 16.5. The summed E-state index contributed by atoms with van der Waals surface area (Å²) < 4.78 is 5.35. The van der Waals surface area contributed by atoms with Crippen LogP contribution in [0.4, 0.5) is 5.69 Å². The van der Waals surface area contributed by atoms with Crippen LogP contribution in [0.1, 0.15) is 48.8 Å². The average Bonchev–Trinajstić information content (AvgIpc) is 2.68. The first-order valence-electron chi connectivity index (χ1n) is 9.76. The number of nitrogens with one attached hydrogen (secondary N) is 1. The van der Waals surface area contributed by atoms with Gasteiger partial charge >= 0.3 is 0 Å².